The van der Waals surface area contributed by atoms with E-state index in [0.29, 0.717) is 10.9 Å². The molecule has 0 amide bonds. The van der Waals surface area contributed by atoms with E-state index >= 15 is 0 Å². The van der Waals surface area contributed by atoms with E-state index in [1.165, 1.54) is 23.6 Å². The van der Waals surface area contributed by atoms with Gasteiger partial charge in [-0.15, -0.1) is 0 Å². The van der Waals surface area contributed by atoms with Gasteiger partial charge in [-0.2, -0.15) is 13.2 Å². The van der Waals surface area contributed by atoms with Gasteiger partial charge in [-0.3, -0.25) is 0 Å². The van der Waals surface area contributed by atoms with E-state index in [2.05, 4.69) is 15.3 Å². The molecule has 0 spiro atoms. The summed E-state index contributed by atoms with van der Waals surface area (Å²) in [4.78, 5) is 8.05. The van der Waals surface area contributed by atoms with E-state index in [9.17, 15) is 18.3 Å². The Morgan fingerprint density at radius 2 is 2.03 bits per heavy atom. The Balaban J connectivity index is 1.49. The summed E-state index contributed by atoms with van der Waals surface area (Å²) in [6, 6.07) is 6.40. The average Bonchev–Trinajstić information content (AvgIpc) is 3.08. The number of thiazole rings is 1. The van der Waals surface area contributed by atoms with Gasteiger partial charge in [-0.05, 0) is 37.1 Å². The molecule has 1 aromatic carbocycles. The summed E-state index contributed by atoms with van der Waals surface area (Å²) >= 11 is 1.42. The highest BCUT2D eigenvalue weighted by Crippen LogP contribution is 2.36. The number of fused-ring (bicyclic) bond motifs is 1. The molecule has 1 aliphatic rings. The predicted molar refractivity (Wildman–Crippen MR) is 109 cm³/mol. The van der Waals surface area contributed by atoms with Crippen molar-refractivity contribution in [2.24, 2.45) is 0 Å². The molecule has 10 heteroatoms. The molecule has 2 aromatic heterocycles. The molecule has 1 fully saturated rings. The molecule has 160 valence electrons. The molecule has 0 saturated heterocycles. The number of alkyl halides is 3. The van der Waals surface area contributed by atoms with Crippen molar-refractivity contribution in [2.45, 2.75) is 50.6 Å². The zero-order chi connectivity index (χ0) is 21.3. The number of benzene rings is 1. The second-order valence-corrected chi connectivity index (χ2v) is 8.30. The standard InChI is InChI=1S/C20H21F3N4O2S/c21-20(22,23)17-11(7-8-25-18(17)24)10-29-12-5-6-14-16(9-12)30-19(27-14)26-13-3-1-2-4-15(13)28/h5-9,13,15,28H,1-4,10H2,(H2,24,25)(H,26,27)/t13-,15-/m0/s1. The number of nitrogens with zero attached hydrogens (tertiary/aromatic N) is 2. The van der Waals surface area contributed by atoms with E-state index < -0.39 is 17.6 Å². The van der Waals surface area contributed by atoms with Crippen molar-refractivity contribution in [2.75, 3.05) is 11.1 Å². The lowest BCUT2D eigenvalue weighted by Gasteiger charge is -2.27. The van der Waals surface area contributed by atoms with Gasteiger partial charge in [0.25, 0.3) is 0 Å². The topological polar surface area (TPSA) is 93.3 Å². The lowest BCUT2D eigenvalue weighted by atomic mass is 9.93. The first-order valence-electron chi connectivity index (χ1n) is 9.60. The molecule has 0 aliphatic heterocycles. The van der Waals surface area contributed by atoms with Crippen LogP contribution in [0.1, 0.15) is 36.8 Å². The van der Waals surface area contributed by atoms with Crippen molar-refractivity contribution in [1.82, 2.24) is 9.97 Å². The maximum absolute atomic E-state index is 13.3. The van der Waals surface area contributed by atoms with Crippen molar-refractivity contribution in [3.63, 3.8) is 0 Å². The zero-order valence-electron chi connectivity index (χ0n) is 15.9. The number of nitrogens with two attached hydrogens (primary N) is 1. The van der Waals surface area contributed by atoms with Crippen LogP contribution in [-0.2, 0) is 12.8 Å². The largest absolute Gasteiger partial charge is 0.489 e. The van der Waals surface area contributed by atoms with E-state index in [1.807, 2.05) is 0 Å². The Hall–Kier alpha value is -2.59. The molecule has 6 nitrogen and oxygen atoms in total. The maximum Gasteiger partial charge on any atom is 0.420 e. The number of anilines is 2. The first-order chi connectivity index (χ1) is 14.3. The fourth-order valence-electron chi connectivity index (χ4n) is 3.62. The highest BCUT2D eigenvalue weighted by Gasteiger charge is 2.36. The number of halogens is 3. The van der Waals surface area contributed by atoms with Crippen LogP contribution in [-0.4, -0.2) is 27.2 Å². The molecular formula is C20H21F3N4O2S. The van der Waals surface area contributed by atoms with E-state index in [-0.39, 0.29) is 24.3 Å². The van der Waals surface area contributed by atoms with Crippen LogP contribution in [0.3, 0.4) is 0 Å². The van der Waals surface area contributed by atoms with Crippen LogP contribution in [0, 0.1) is 0 Å². The van der Waals surface area contributed by atoms with E-state index in [0.717, 1.165) is 35.9 Å². The Morgan fingerprint density at radius 1 is 1.23 bits per heavy atom. The van der Waals surface area contributed by atoms with Crippen LogP contribution in [0.5, 0.6) is 5.75 Å². The summed E-state index contributed by atoms with van der Waals surface area (Å²) in [5.74, 6) is -0.138. The molecule has 2 heterocycles. The highest BCUT2D eigenvalue weighted by molar-refractivity contribution is 7.22. The first-order valence-corrected chi connectivity index (χ1v) is 10.4. The minimum atomic E-state index is -4.61. The number of hydrogen-bond donors (Lipinski definition) is 3. The van der Waals surface area contributed by atoms with Crippen molar-refractivity contribution in [3.05, 3.63) is 41.6 Å². The normalized spacial score (nSPS) is 19.7. The van der Waals surface area contributed by atoms with Crippen molar-refractivity contribution < 1.29 is 23.0 Å². The van der Waals surface area contributed by atoms with E-state index in [1.54, 1.807) is 18.2 Å². The number of pyridine rings is 1. The zero-order valence-corrected chi connectivity index (χ0v) is 16.8. The number of hydrogen-bond acceptors (Lipinski definition) is 7. The summed E-state index contributed by atoms with van der Waals surface area (Å²) in [6.45, 7) is -0.286. The summed E-state index contributed by atoms with van der Waals surface area (Å²) < 4.78 is 46.2. The number of rotatable bonds is 5. The van der Waals surface area contributed by atoms with Gasteiger partial charge in [0.2, 0.25) is 0 Å². The third-order valence-electron chi connectivity index (χ3n) is 5.14. The first kappa shape index (κ1) is 20.7. The van der Waals surface area contributed by atoms with Gasteiger partial charge in [-0.1, -0.05) is 24.2 Å². The Kier molecular flexibility index (Phi) is 5.70. The van der Waals surface area contributed by atoms with Gasteiger partial charge in [0.05, 0.1) is 22.4 Å². The lowest BCUT2D eigenvalue weighted by Crippen LogP contribution is -2.36. The van der Waals surface area contributed by atoms with Crippen molar-refractivity contribution in [3.8, 4) is 5.75 Å². The quantitative estimate of drug-likeness (QED) is 0.540. The summed E-state index contributed by atoms with van der Waals surface area (Å²) in [5, 5.41) is 14.1. The molecule has 1 saturated carbocycles. The minimum absolute atomic E-state index is 0.0204. The second-order valence-electron chi connectivity index (χ2n) is 7.27. The molecule has 0 unspecified atom stereocenters. The molecule has 1 aliphatic carbocycles. The lowest BCUT2D eigenvalue weighted by molar-refractivity contribution is -0.138. The third kappa shape index (κ3) is 4.44. The van der Waals surface area contributed by atoms with Gasteiger partial charge in [-0.25, -0.2) is 9.97 Å². The average molecular weight is 438 g/mol. The molecule has 4 rings (SSSR count). The number of aliphatic hydroxyl groups excluding tert-OH is 1. The van der Waals surface area contributed by atoms with Crippen LogP contribution in [0.25, 0.3) is 10.2 Å². The fourth-order valence-corrected chi connectivity index (χ4v) is 4.58. The molecule has 3 aromatic rings. The third-order valence-corrected chi connectivity index (χ3v) is 6.09. The molecule has 2 atom stereocenters. The molecule has 30 heavy (non-hydrogen) atoms. The fraction of sp³-hybridized carbons (Fsp3) is 0.400. The predicted octanol–water partition coefficient (Wildman–Crippen LogP) is 4.59. The number of aliphatic hydroxyl groups is 1. The Bertz CT molecular complexity index is 1040. The smallest absolute Gasteiger partial charge is 0.420 e. The van der Waals surface area contributed by atoms with Gasteiger partial charge in [0, 0.05) is 11.8 Å². The van der Waals surface area contributed by atoms with Crippen LogP contribution < -0.4 is 15.8 Å². The summed E-state index contributed by atoms with van der Waals surface area (Å²) in [7, 11) is 0. The molecular weight excluding hydrogens is 417 g/mol. The van der Waals surface area contributed by atoms with Crippen LogP contribution >= 0.6 is 11.3 Å². The van der Waals surface area contributed by atoms with Gasteiger partial charge in [0.1, 0.15) is 23.7 Å². The molecule has 0 radical (unpaired) electrons. The summed E-state index contributed by atoms with van der Waals surface area (Å²) in [6.07, 6.45) is -0.00534. The second kappa shape index (κ2) is 8.27. The van der Waals surface area contributed by atoms with Gasteiger partial charge < -0.3 is 20.9 Å². The minimum Gasteiger partial charge on any atom is -0.489 e. The van der Waals surface area contributed by atoms with Crippen molar-refractivity contribution >= 4 is 32.5 Å². The summed E-state index contributed by atoms with van der Waals surface area (Å²) in [5.41, 5.74) is 5.13. The molecule has 0 bridgehead atoms. The van der Waals surface area contributed by atoms with Gasteiger partial charge >= 0.3 is 6.18 Å². The highest BCUT2D eigenvalue weighted by atomic mass is 32.1. The monoisotopic (exact) mass is 438 g/mol. The van der Waals surface area contributed by atoms with Gasteiger partial charge in [0.15, 0.2) is 5.13 Å². The van der Waals surface area contributed by atoms with Crippen LogP contribution in [0.4, 0.5) is 24.1 Å². The Labute approximate surface area is 174 Å². The number of nitrogens with one attached hydrogen (secondary N) is 1. The number of ether oxygens (including phenoxy) is 1. The Morgan fingerprint density at radius 3 is 2.80 bits per heavy atom. The number of nitrogen functional groups attached to an aromatic ring is 1. The molecule has 4 N–H and O–H groups in total. The number of aromatic nitrogens is 2. The van der Waals surface area contributed by atoms with Crippen LogP contribution in [0.2, 0.25) is 0 Å². The SMILES string of the molecule is Nc1nccc(COc2ccc3nc(N[C@H]4CCCC[C@@H]4O)sc3c2)c1C(F)(F)F. The van der Waals surface area contributed by atoms with Crippen LogP contribution in [0.15, 0.2) is 30.5 Å². The maximum atomic E-state index is 13.3. The van der Waals surface area contributed by atoms with Crippen molar-refractivity contribution in [1.29, 1.82) is 0 Å². The van der Waals surface area contributed by atoms with E-state index in [4.69, 9.17) is 10.5 Å².